The van der Waals surface area contributed by atoms with E-state index in [0.717, 1.165) is 56.7 Å². The van der Waals surface area contributed by atoms with E-state index in [1.807, 2.05) is 0 Å². The van der Waals surface area contributed by atoms with Gasteiger partial charge in [0, 0.05) is 61.1 Å². The standard InChI is InChI=1S/C65H67N4O.Pt/c1-38(2)46-32-57(39(3)4)64(58(33-46)40(5)6)47-30-52(68-37-67(10)60-17-13-14-18-61(60)68)35-54(31-47)70-53-19-20-56-55-15-11-12-16-59(55)69(62(56)36-53)63-34-48(21-22-66-63)65(49-23-41(7)43(9)42(8)24-49)50-26-44-25-45(28-50)29-51(65)27-44;/h11-24,30-34,37-40,44-45,50-51H,25-29H2,1-10H3;/q-3;. The third kappa shape index (κ3) is 7.78. The molecule has 0 amide bonds. The summed E-state index contributed by atoms with van der Waals surface area (Å²) >= 11 is 0. The zero-order valence-corrected chi connectivity index (χ0v) is 45.4. The molecule has 5 aliphatic rings. The fourth-order valence-corrected chi connectivity index (χ4v) is 14.0. The van der Waals surface area contributed by atoms with Crippen molar-refractivity contribution in [2.24, 2.45) is 23.7 Å². The minimum atomic E-state index is -0.0499. The van der Waals surface area contributed by atoms with Crippen LogP contribution in [0, 0.1) is 63.2 Å². The van der Waals surface area contributed by atoms with E-state index < -0.39 is 0 Å². The molecule has 0 atom stereocenters. The first-order valence-corrected chi connectivity index (χ1v) is 26.2. The van der Waals surface area contributed by atoms with Crippen LogP contribution in [0.4, 0.5) is 17.1 Å². The fraction of sp³-hybridized carbons (Fsp3) is 0.354. The van der Waals surface area contributed by atoms with Crippen LogP contribution in [0.2, 0.25) is 0 Å². The number of nitrogens with zero attached hydrogens (tertiary/aromatic N) is 4. The summed E-state index contributed by atoms with van der Waals surface area (Å²) in [6, 6.07) is 48.5. The number of aromatic nitrogens is 2. The summed E-state index contributed by atoms with van der Waals surface area (Å²) in [5.74, 6) is 6.24. The number of ether oxygens (including phenoxy) is 1. The normalized spacial score (nSPS) is 21.3. The van der Waals surface area contributed by atoms with Crippen LogP contribution in [-0.4, -0.2) is 16.6 Å². The van der Waals surface area contributed by atoms with Gasteiger partial charge in [-0.1, -0.05) is 102 Å². The van der Waals surface area contributed by atoms with Crippen molar-refractivity contribution in [3.63, 3.8) is 0 Å². The number of pyridine rings is 1. The number of hydrogen-bond acceptors (Lipinski definition) is 4. The third-order valence-corrected chi connectivity index (χ3v) is 17.4. The molecule has 1 aliphatic heterocycles. The Bertz CT molecular complexity index is 3280. The smallest absolute Gasteiger partial charge is 0.135 e. The first-order valence-electron chi connectivity index (χ1n) is 26.2. The van der Waals surface area contributed by atoms with Gasteiger partial charge in [0.15, 0.2) is 0 Å². The summed E-state index contributed by atoms with van der Waals surface area (Å²) in [6.45, 7) is 23.0. The summed E-state index contributed by atoms with van der Waals surface area (Å²) in [5.41, 5.74) is 18.9. The molecule has 0 radical (unpaired) electrons. The number of fused-ring (bicyclic) bond motifs is 4. The van der Waals surface area contributed by atoms with E-state index >= 15 is 0 Å². The molecule has 6 aromatic carbocycles. The number of hydrogen-bond donors (Lipinski definition) is 0. The Morgan fingerprint density at radius 1 is 0.648 bits per heavy atom. The molecule has 2 aromatic heterocycles. The van der Waals surface area contributed by atoms with Crippen molar-refractivity contribution in [3.8, 4) is 28.4 Å². The summed E-state index contributed by atoms with van der Waals surface area (Å²) in [4.78, 5) is 9.68. The van der Waals surface area contributed by atoms with Crippen molar-refractivity contribution in [1.29, 1.82) is 0 Å². The predicted molar refractivity (Wildman–Crippen MR) is 290 cm³/mol. The first kappa shape index (κ1) is 47.7. The van der Waals surface area contributed by atoms with E-state index in [2.05, 4.69) is 218 Å². The van der Waals surface area contributed by atoms with Gasteiger partial charge in [-0.25, -0.2) is 4.98 Å². The van der Waals surface area contributed by atoms with Crippen LogP contribution in [0.15, 0.2) is 115 Å². The van der Waals surface area contributed by atoms with Crippen molar-refractivity contribution in [2.75, 3.05) is 16.8 Å². The van der Waals surface area contributed by atoms with Gasteiger partial charge in [-0.05, 0) is 187 Å². The average Bonchev–Trinajstić information content (AvgIpc) is 3.86. The van der Waals surface area contributed by atoms with E-state index in [0.29, 0.717) is 41.1 Å². The Hall–Kier alpha value is -5.64. The zero-order chi connectivity index (χ0) is 48.3. The first-order chi connectivity index (χ1) is 33.8. The van der Waals surface area contributed by atoms with Gasteiger partial charge in [-0.15, -0.1) is 47.0 Å². The summed E-state index contributed by atoms with van der Waals surface area (Å²) in [6.07, 6.45) is 8.79. The molecule has 0 unspecified atom stereocenters. The van der Waals surface area contributed by atoms with Gasteiger partial charge in [0.25, 0.3) is 0 Å². The predicted octanol–water partition coefficient (Wildman–Crippen LogP) is 17.0. The van der Waals surface area contributed by atoms with Crippen LogP contribution >= 0.6 is 0 Å². The van der Waals surface area contributed by atoms with Crippen LogP contribution in [-0.2, 0) is 26.5 Å². The zero-order valence-electron chi connectivity index (χ0n) is 43.1. The molecule has 0 N–H and O–H groups in total. The van der Waals surface area contributed by atoms with Crippen LogP contribution in [0.3, 0.4) is 0 Å². The minimum absolute atomic E-state index is 0. The number of aryl methyl sites for hydroxylation is 2. The van der Waals surface area contributed by atoms with Crippen molar-refractivity contribution >= 4 is 38.9 Å². The number of para-hydroxylation sites is 3. The number of benzene rings is 6. The van der Waals surface area contributed by atoms with E-state index in [-0.39, 0.29) is 26.5 Å². The van der Waals surface area contributed by atoms with Crippen molar-refractivity contribution in [3.05, 3.63) is 179 Å². The van der Waals surface area contributed by atoms with Crippen molar-refractivity contribution in [2.45, 2.75) is 118 Å². The Morgan fingerprint density at radius 3 is 1.96 bits per heavy atom. The number of rotatable bonds is 10. The second-order valence-electron chi connectivity index (χ2n) is 22.6. The van der Waals surface area contributed by atoms with E-state index in [1.54, 1.807) is 0 Å². The molecule has 13 rings (SSSR count). The van der Waals surface area contributed by atoms with Crippen molar-refractivity contribution in [1.82, 2.24) is 9.55 Å². The number of anilines is 3. The molecule has 8 aromatic rings. The molecular formula is C65H67N4OPt-3. The van der Waals surface area contributed by atoms with Gasteiger partial charge in [0.05, 0.1) is 0 Å². The maximum Gasteiger partial charge on any atom is 0.135 e. The largest absolute Gasteiger partial charge is 0.509 e. The van der Waals surface area contributed by atoms with Gasteiger partial charge in [0.1, 0.15) is 5.82 Å². The van der Waals surface area contributed by atoms with E-state index in [1.165, 1.54) is 87.6 Å². The van der Waals surface area contributed by atoms with E-state index in [9.17, 15) is 0 Å². The molecule has 4 fully saturated rings. The van der Waals surface area contributed by atoms with Gasteiger partial charge in [-0.3, -0.25) is 0 Å². The molecule has 5 nitrogen and oxygen atoms in total. The molecule has 4 aliphatic carbocycles. The van der Waals surface area contributed by atoms with Crippen LogP contribution in [0.5, 0.6) is 11.5 Å². The molecule has 4 bridgehead atoms. The SMILES string of the molecule is Cc1cc(C2(c3ccnc(-n4c5[c-]c(Oc6[c-]c(N7[CH-]N(C)c8ccccc87)cc(-c7c(C(C)C)cc(C(C)C)cc7C(C)C)c6)ccc5c5ccccc54)c3)C3CC4CC(C3)CC2C4)cc(C)c1C.[Pt]. The van der Waals surface area contributed by atoms with Crippen LogP contribution < -0.4 is 14.5 Å². The Kier molecular flexibility index (Phi) is 12.2. The monoisotopic (exact) mass is 1110 g/mol. The maximum absolute atomic E-state index is 7.10. The van der Waals surface area contributed by atoms with Gasteiger partial charge in [-0.2, -0.15) is 12.7 Å². The molecule has 4 saturated carbocycles. The molecule has 71 heavy (non-hydrogen) atoms. The van der Waals surface area contributed by atoms with E-state index in [4.69, 9.17) is 9.72 Å². The maximum atomic E-state index is 7.10. The van der Waals surface area contributed by atoms with Gasteiger partial charge < -0.3 is 19.1 Å². The molecule has 0 saturated heterocycles. The quantitative estimate of drug-likeness (QED) is 0.128. The fourth-order valence-electron chi connectivity index (χ4n) is 14.0. The third-order valence-electron chi connectivity index (χ3n) is 17.4. The minimum Gasteiger partial charge on any atom is -0.509 e. The topological polar surface area (TPSA) is 33.5 Å². The van der Waals surface area contributed by atoms with Gasteiger partial charge in [0.2, 0.25) is 0 Å². The Balaban J connectivity index is 0.00000547. The Morgan fingerprint density at radius 2 is 1.30 bits per heavy atom. The molecule has 366 valence electrons. The molecule has 0 spiro atoms. The molecular weight excluding hydrogens is 1050 g/mol. The average molecular weight is 1120 g/mol. The molecule has 6 heteroatoms. The summed E-state index contributed by atoms with van der Waals surface area (Å²) in [7, 11) is 2.11. The second-order valence-corrected chi connectivity index (χ2v) is 22.6. The summed E-state index contributed by atoms with van der Waals surface area (Å²) in [5, 5.41) is 2.31. The van der Waals surface area contributed by atoms with Crippen molar-refractivity contribution < 1.29 is 25.8 Å². The second kappa shape index (κ2) is 18.1. The molecule has 3 heterocycles. The Labute approximate surface area is 436 Å². The summed E-state index contributed by atoms with van der Waals surface area (Å²) < 4.78 is 9.44. The van der Waals surface area contributed by atoms with Gasteiger partial charge >= 0.3 is 0 Å². The van der Waals surface area contributed by atoms with Crippen LogP contribution in [0.25, 0.3) is 38.8 Å². The van der Waals surface area contributed by atoms with Crippen LogP contribution in [0.1, 0.15) is 136 Å².